The summed E-state index contributed by atoms with van der Waals surface area (Å²) in [6, 6.07) is 6.92. The summed E-state index contributed by atoms with van der Waals surface area (Å²) < 4.78 is 47.5. The molecule has 0 amide bonds. The lowest BCUT2D eigenvalue weighted by Gasteiger charge is -2.18. The number of rotatable bonds is 8. The predicted octanol–water partition coefficient (Wildman–Crippen LogP) is 4.35. The fourth-order valence-electron chi connectivity index (χ4n) is 4.40. The van der Waals surface area contributed by atoms with Crippen molar-refractivity contribution in [1.82, 2.24) is 49.5 Å². The molecule has 6 rings (SSSR count). The van der Waals surface area contributed by atoms with Gasteiger partial charge in [0.2, 0.25) is 5.69 Å². The van der Waals surface area contributed by atoms with Gasteiger partial charge in [0.1, 0.15) is 0 Å². The minimum Gasteiger partial charge on any atom is -0.618 e. The fourth-order valence-corrected chi connectivity index (χ4v) is 4.68. The Bertz CT molecular complexity index is 1830. The largest absolute Gasteiger partial charge is 0.618 e. The van der Waals surface area contributed by atoms with Gasteiger partial charge < -0.3 is 5.21 Å². The average molecular weight is 602 g/mol. The number of nitrogens with zero attached hydrogens (tertiary/aromatic N) is 11. The molecule has 12 nitrogen and oxygen atoms in total. The first-order valence-corrected chi connectivity index (χ1v) is 12.6. The second-order valence-electron chi connectivity index (χ2n) is 8.70. The van der Waals surface area contributed by atoms with Gasteiger partial charge in [-0.2, -0.15) is 28.4 Å². The molecule has 0 unspecified atom stereocenters. The lowest BCUT2D eigenvalue weighted by Crippen LogP contribution is -2.37. The first-order valence-electron chi connectivity index (χ1n) is 11.8. The molecule has 0 aliphatic carbocycles. The zero-order valence-electron chi connectivity index (χ0n) is 20.5. The molecular formula is C24H16Cl2F3N11O. The molecule has 0 saturated heterocycles. The van der Waals surface area contributed by atoms with E-state index in [4.69, 9.17) is 23.2 Å². The Hall–Kier alpha value is -4.76. The predicted molar refractivity (Wildman–Crippen MR) is 139 cm³/mol. The lowest BCUT2D eigenvalue weighted by molar-refractivity contribution is -0.615. The van der Waals surface area contributed by atoms with Gasteiger partial charge in [-0.15, -0.1) is 10.2 Å². The Labute approximate surface area is 238 Å². The van der Waals surface area contributed by atoms with E-state index >= 15 is 4.39 Å². The van der Waals surface area contributed by atoms with E-state index < -0.39 is 18.4 Å². The van der Waals surface area contributed by atoms with Crippen molar-refractivity contribution in [3.05, 3.63) is 101 Å². The monoisotopic (exact) mass is 601 g/mol. The fraction of sp³-hybridized carbons (Fsp3) is 0.125. The van der Waals surface area contributed by atoms with E-state index in [0.29, 0.717) is 15.0 Å². The average Bonchev–Trinajstić information content (AvgIpc) is 3.76. The summed E-state index contributed by atoms with van der Waals surface area (Å²) in [4.78, 5) is 0. The summed E-state index contributed by atoms with van der Waals surface area (Å²) >= 11 is 12.0. The van der Waals surface area contributed by atoms with Crippen molar-refractivity contribution in [3.8, 4) is 28.1 Å². The van der Waals surface area contributed by atoms with Crippen LogP contribution in [0.1, 0.15) is 18.3 Å². The second kappa shape index (κ2) is 10.7. The van der Waals surface area contributed by atoms with Crippen LogP contribution in [-0.4, -0.2) is 49.5 Å². The minimum absolute atomic E-state index is 0.00739. The van der Waals surface area contributed by atoms with E-state index in [1.54, 1.807) is 29.2 Å². The Morgan fingerprint density at radius 1 is 1.00 bits per heavy atom. The summed E-state index contributed by atoms with van der Waals surface area (Å²) in [6.45, 7) is -2.74. The SMILES string of the molecule is [O-][n+]1cc(-c2c(-n3cc(Cl)nn3)ccc(Cl)c2F)ccc1[C@@H](Cn1cccn1)n1cc(-c2cnnn2C(F)F)cn1. The van der Waals surface area contributed by atoms with Crippen LogP contribution < -0.4 is 4.73 Å². The van der Waals surface area contributed by atoms with Crippen LogP contribution in [0.2, 0.25) is 10.2 Å². The topological polar surface area (TPSA) is 124 Å². The van der Waals surface area contributed by atoms with Crippen LogP contribution in [0.3, 0.4) is 0 Å². The number of hydrogen-bond donors (Lipinski definition) is 0. The summed E-state index contributed by atoms with van der Waals surface area (Å²) in [6.07, 6.45) is 9.93. The standard InChI is InChI=1S/C24H16Cl2F3N11O/c25-16-3-5-18(38-13-21(26)33-35-38)22(23(16)27)14-2-4-17(39(41)11-14)20(12-36-7-1-6-31-36)37-10-15(8-32-37)19-9-30-34-40(19)24(28)29/h1-11,13,20,24H,12H2/t20-/m1/s1. The molecule has 0 fully saturated rings. The quantitative estimate of drug-likeness (QED) is 0.188. The zero-order chi connectivity index (χ0) is 28.7. The van der Waals surface area contributed by atoms with Gasteiger partial charge in [-0.3, -0.25) is 9.36 Å². The van der Waals surface area contributed by atoms with Gasteiger partial charge in [0, 0.05) is 30.2 Å². The summed E-state index contributed by atoms with van der Waals surface area (Å²) in [5.74, 6) is -0.766. The van der Waals surface area contributed by atoms with Crippen molar-refractivity contribution in [1.29, 1.82) is 0 Å². The first kappa shape index (κ1) is 26.5. The molecule has 5 aromatic heterocycles. The van der Waals surface area contributed by atoms with Crippen LogP contribution in [0.5, 0.6) is 0 Å². The van der Waals surface area contributed by atoms with Crippen LogP contribution in [0.25, 0.3) is 28.1 Å². The summed E-state index contributed by atoms with van der Waals surface area (Å²) in [5, 5.41) is 36.6. The van der Waals surface area contributed by atoms with Gasteiger partial charge in [0.15, 0.2) is 23.2 Å². The number of pyridine rings is 1. The highest BCUT2D eigenvalue weighted by molar-refractivity contribution is 6.31. The molecule has 41 heavy (non-hydrogen) atoms. The van der Waals surface area contributed by atoms with E-state index in [9.17, 15) is 14.0 Å². The van der Waals surface area contributed by atoms with Crippen LogP contribution in [-0.2, 0) is 6.54 Å². The minimum atomic E-state index is -2.91. The molecule has 0 spiro atoms. The van der Waals surface area contributed by atoms with Gasteiger partial charge in [-0.1, -0.05) is 33.6 Å². The van der Waals surface area contributed by atoms with Crippen molar-refractivity contribution in [2.45, 2.75) is 19.1 Å². The molecule has 1 atom stereocenters. The van der Waals surface area contributed by atoms with Gasteiger partial charge in [-0.05, 0) is 24.3 Å². The highest BCUT2D eigenvalue weighted by Gasteiger charge is 2.27. The molecule has 6 aromatic rings. The number of benzene rings is 1. The van der Waals surface area contributed by atoms with Crippen molar-refractivity contribution < 1.29 is 17.9 Å². The molecule has 0 N–H and O–H groups in total. The number of hydrogen-bond acceptors (Lipinski definition) is 7. The van der Waals surface area contributed by atoms with Crippen LogP contribution >= 0.6 is 23.2 Å². The van der Waals surface area contributed by atoms with E-state index in [1.807, 2.05) is 0 Å². The first-order chi connectivity index (χ1) is 19.8. The number of alkyl halides is 2. The maximum Gasteiger partial charge on any atom is 0.335 e. The maximum atomic E-state index is 15.3. The van der Waals surface area contributed by atoms with Crippen LogP contribution in [0.15, 0.2) is 73.7 Å². The van der Waals surface area contributed by atoms with Gasteiger partial charge in [-0.25, -0.2) is 9.07 Å². The zero-order valence-corrected chi connectivity index (χ0v) is 22.0. The summed E-state index contributed by atoms with van der Waals surface area (Å²) in [7, 11) is 0. The Morgan fingerprint density at radius 3 is 2.56 bits per heavy atom. The third kappa shape index (κ3) is 5.00. The third-order valence-corrected chi connectivity index (χ3v) is 6.72. The van der Waals surface area contributed by atoms with Gasteiger partial charge >= 0.3 is 6.55 Å². The summed E-state index contributed by atoms with van der Waals surface area (Å²) in [5.41, 5.74) is 1.04. The van der Waals surface area contributed by atoms with Gasteiger partial charge in [0.05, 0.1) is 52.7 Å². The van der Waals surface area contributed by atoms with E-state index in [-0.39, 0.29) is 44.9 Å². The van der Waals surface area contributed by atoms with Crippen molar-refractivity contribution in [2.24, 2.45) is 0 Å². The molecule has 17 heteroatoms. The van der Waals surface area contributed by atoms with Crippen LogP contribution in [0.4, 0.5) is 13.2 Å². The molecule has 0 radical (unpaired) electrons. The van der Waals surface area contributed by atoms with Crippen LogP contribution in [0, 0.1) is 11.0 Å². The molecule has 0 bridgehead atoms. The third-order valence-electron chi connectivity index (χ3n) is 6.26. The van der Waals surface area contributed by atoms with E-state index in [2.05, 4.69) is 30.8 Å². The molecule has 208 valence electrons. The second-order valence-corrected chi connectivity index (χ2v) is 9.50. The maximum absolute atomic E-state index is 15.3. The molecule has 0 aliphatic rings. The molecular weight excluding hydrogens is 586 g/mol. The van der Waals surface area contributed by atoms with E-state index in [1.165, 1.54) is 58.5 Å². The van der Waals surface area contributed by atoms with E-state index in [0.717, 1.165) is 0 Å². The van der Waals surface area contributed by atoms with Crippen molar-refractivity contribution in [2.75, 3.05) is 0 Å². The normalized spacial score (nSPS) is 12.3. The molecule has 5 heterocycles. The Kier molecular flexibility index (Phi) is 6.88. The Balaban J connectivity index is 1.43. The number of halogens is 5. The van der Waals surface area contributed by atoms with Crippen molar-refractivity contribution >= 4 is 23.2 Å². The molecule has 1 aromatic carbocycles. The van der Waals surface area contributed by atoms with Gasteiger partial charge in [0.25, 0.3) is 0 Å². The molecule has 0 saturated carbocycles. The van der Waals surface area contributed by atoms with Crippen molar-refractivity contribution in [3.63, 3.8) is 0 Å². The Morgan fingerprint density at radius 2 is 1.85 bits per heavy atom. The highest BCUT2D eigenvalue weighted by Crippen LogP contribution is 2.34. The highest BCUT2D eigenvalue weighted by atomic mass is 35.5. The smallest absolute Gasteiger partial charge is 0.335 e. The number of aromatic nitrogens is 11. The lowest BCUT2D eigenvalue weighted by atomic mass is 10.0. The molecule has 0 aliphatic heterocycles.